The maximum atomic E-state index is 14.4. The predicted octanol–water partition coefficient (Wildman–Crippen LogP) is 4.76. The second-order valence-corrected chi connectivity index (χ2v) is 5.48. The molecule has 1 atom stereocenters. The highest BCUT2D eigenvalue weighted by atomic mass is 35.5. The normalized spacial score (nSPS) is 12.6. The van der Waals surface area contributed by atoms with Crippen LogP contribution in [0.4, 0.5) is 10.2 Å². The molecule has 0 aliphatic carbocycles. The van der Waals surface area contributed by atoms with Gasteiger partial charge < -0.3 is 10.1 Å². The summed E-state index contributed by atoms with van der Waals surface area (Å²) in [7, 11) is 1.54. The minimum absolute atomic E-state index is 0.0512. The van der Waals surface area contributed by atoms with E-state index in [0.717, 1.165) is 5.56 Å². The van der Waals surface area contributed by atoms with Gasteiger partial charge in [-0.2, -0.15) is 4.98 Å². The van der Waals surface area contributed by atoms with E-state index in [4.69, 9.17) is 27.9 Å². The number of allylic oxidation sites excluding steroid dienone is 1. The van der Waals surface area contributed by atoms with Gasteiger partial charge in [0.2, 0.25) is 5.28 Å². The van der Waals surface area contributed by atoms with Crippen LogP contribution in [0.15, 0.2) is 30.5 Å². The van der Waals surface area contributed by atoms with Gasteiger partial charge in [-0.15, -0.1) is 0 Å². The average molecular weight is 356 g/mol. The zero-order chi connectivity index (χ0) is 16.8. The summed E-state index contributed by atoms with van der Waals surface area (Å²) < 4.78 is 19.6. The van der Waals surface area contributed by atoms with E-state index in [-0.39, 0.29) is 17.7 Å². The largest absolute Gasteiger partial charge is 0.382 e. The maximum Gasteiger partial charge on any atom is 0.224 e. The Morgan fingerprint density at radius 1 is 1.39 bits per heavy atom. The van der Waals surface area contributed by atoms with Gasteiger partial charge in [0.05, 0.1) is 18.8 Å². The lowest BCUT2D eigenvalue weighted by molar-refractivity contribution is 0.185. The molecule has 0 radical (unpaired) electrons. The smallest absolute Gasteiger partial charge is 0.224 e. The minimum atomic E-state index is -0.490. The summed E-state index contributed by atoms with van der Waals surface area (Å²) in [4.78, 5) is 7.84. The number of aromatic nitrogens is 2. The van der Waals surface area contributed by atoms with E-state index in [1.165, 1.54) is 12.3 Å². The number of ether oxygens (including phenoxy) is 1. The van der Waals surface area contributed by atoms with Gasteiger partial charge in [-0.05, 0) is 30.2 Å². The third-order valence-electron chi connectivity index (χ3n) is 3.14. The second-order valence-electron chi connectivity index (χ2n) is 4.73. The molecular weight excluding hydrogens is 340 g/mol. The Labute approximate surface area is 144 Å². The zero-order valence-corrected chi connectivity index (χ0v) is 14.2. The zero-order valence-electron chi connectivity index (χ0n) is 12.7. The van der Waals surface area contributed by atoms with Crippen LogP contribution in [-0.2, 0) is 4.74 Å². The molecule has 0 aliphatic rings. The molecule has 0 amide bonds. The first kappa shape index (κ1) is 17.7. The molecule has 7 heteroatoms. The van der Waals surface area contributed by atoms with E-state index in [1.54, 1.807) is 13.2 Å². The molecule has 0 fully saturated rings. The highest BCUT2D eigenvalue weighted by molar-refractivity contribution is 6.33. The Morgan fingerprint density at radius 3 is 2.87 bits per heavy atom. The number of hydrogen-bond donors (Lipinski definition) is 1. The monoisotopic (exact) mass is 355 g/mol. The number of anilines is 1. The van der Waals surface area contributed by atoms with Crippen LogP contribution < -0.4 is 5.32 Å². The summed E-state index contributed by atoms with van der Waals surface area (Å²) in [6, 6.07) is 4.40. The van der Waals surface area contributed by atoms with E-state index < -0.39 is 6.04 Å². The van der Waals surface area contributed by atoms with Crippen molar-refractivity contribution in [2.45, 2.75) is 13.0 Å². The predicted molar refractivity (Wildman–Crippen MR) is 91.4 cm³/mol. The fourth-order valence-corrected chi connectivity index (χ4v) is 2.50. The highest BCUT2D eigenvalue weighted by Gasteiger charge is 2.20. The Bertz CT molecular complexity index is 710. The second kappa shape index (κ2) is 8.24. The van der Waals surface area contributed by atoms with Crippen molar-refractivity contribution >= 4 is 35.1 Å². The van der Waals surface area contributed by atoms with Gasteiger partial charge in [0.25, 0.3) is 0 Å². The van der Waals surface area contributed by atoms with Crippen LogP contribution in [0.25, 0.3) is 6.08 Å². The Kier molecular flexibility index (Phi) is 6.33. The SMILES string of the molecule is C/C=C/c1cccc(F)c1C(COC)Nc1nc(Cl)ncc1Cl. The molecule has 4 nitrogen and oxygen atoms in total. The van der Waals surface area contributed by atoms with Crippen molar-refractivity contribution in [3.63, 3.8) is 0 Å². The molecule has 122 valence electrons. The number of nitrogens with zero attached hydrogens (tertiary/aromatic N) is 2. The van der Waals surface area contributed by atoms with E-state index >= 15 is 0 Å². The van der Waals surface area contributed by atoms with Crippen LogP contribution in [0.1, 0.15) is 24.1 Å². The first-order valence-corrected chi connectivity index (χ1v) is 7.67. The summed E-state index contributed by atoms with van der Waals surface area (Å²) >= 11 is 11.9. The number of hydrogen-bond acceptors (Lipinski definition) is 4. The molecule has 0 saturated carbocycles. The quantitative estimate of drug-likeness (QED) is 0.759. The van der Waals surface area contributed by atoms with Gasteiger partial charge in [-0.3, -0.25) is 0 Å². The fraction of sp³-hybridized carbons (Fsp3) is 0.250. The topological polar surface area (TPSA) is 47.0 Å². The van der Waals surface area contributed by atoms with Gasteiger partial charge in [0.1, 0.15) is 16.7 Å². The van der Waals surface area contributed by atoms with Crippen molar-refractivity contribution in [3.8, 4) is 0 Å². The molecular formula is C16H16Cl2FN3O. The number of rotatable bonds is 6. The third kappa shape index (κ3) is 4.41. The van der Waals surface area contributed by atoms with Crippen LogP contribution in [-0.4, -0.2) is 23.7 Å². The van der Waals surface area contributed by atoms with Crippen LogP contribution in [0.3, 0.4) is 0 Å². The van der Waals surface area contributed by atoms with Gasteiger partial charge in [-0.1, -0.05) is 35.9 Å². The molecule has 1 aromatic heterocycles. The molecule has 1 aromatic carbocycles. The molecule has 1 heterocycles. The van der Waals surface area contributed by atoms with Crippen molar-refractivity contribution in [2.24, 2.45) is 0 Å². The van der Waals surface area contributed by atoms with Crippen molar-refractivity contribution in [2.75, 3.05) is 19.0 Å². The lowest BCUT2D eigenvalue weighted by Crippen LogP contribution is -2.20. The summed E-state index contributed by atoms with van der Waals surface area (Å²) in [6.45, 7) is 2.10. The number of benzene rings is 1. The average Bonchev–Trinajstić information content (AvgIpc) is 2.51. The molecule has 0 spiro atoms. The maximum absolute atomic E-state index is 14.4. The van der Waals surface area contributed by atoms with Crippen molar-refractivity contribution < 1.29 is 9.13 Å². The van der Waals surface area contributed by atoms with Crippen LogP contribution >= 0.6 is 23.2 Å². The lowest BCUT2D eigenvalue weighted by Gasteiger charge is -2.22. The van der Waals surface area contributed by atoms with Gasteiger partial charge in [0.15, 0.2) is 0 Å². The highest BCUT2D eigenvalue weighted by Crippen LogP contribution is 2.29. The number of halogens is 3. The summed E-state index contributed by atoms with van der Waals surface area (Å²) in [5.74, 6) is -0.0187. The first-order chi connectivity index (χ1) is 11.1. The van der Waals surface area contributed by atoms with E-state index in [1.807, 2.05) is 25.1 Å². The number of nitrogens with one attached hydrogen (secondary N) is 1. The van der Waals surface area contributed by atoms with Gasteiger partial charge in [-0.25, -0.2) is 9.37 Å². The Morgan fingerprint density at radius 2 is 2.17 bits per heavy atom. The summed E-state index contributed by atoms with van der Waals surface area (Å²) in [5.41, 5.74) is 1.22. The van der Waals surface area contributed by atoms with Crippen LogP contribution in [0, 0.1) is 5.82 Å². The Balaban J connectivity index is 2.45. The van der Waals surface area contributed by atoms with Crippen molar-refractivity contribution in [3.05, 3.63) is 57.7 Å². The van der Waals surface area contributed by atoms with Crippen molar-refractivity contribution in [1.82, 2.24) is 9.97 Å². The minimum Gasteiger partial charge on any atom is -0.382 e. The molecule has 0 aliphatic heterocycles. The molecule has 0 bridgehead atoms. The van der Waals surface area contributed by atoms with E-state index in [9.17, 15) is 4.39 Å². The molecule has 2 aromatic rings. The van der Waals surface area contributed by atoms with Gasteiger partial charge in [0, 0.05) is 12.7 Å². The lowest BCUT2D eigenvalue weighted by atomic mass is 9.99. The summed E-state index contributed by atoms with van der Waals surface area (Å²) in [5, 5.41) is 3.42. The Hall–Kier alpha value is -1.69. The van der Waals surface area contributed by atoms with Gasteiger partial charge >= 0.3 is 0 Å². The number of methoxy groups -OCH3 is 1. The molecule has 0 saturated heterocycles. The first-order valence-electron chi connectivity index (χ1n) is 6.91. The van der Waals surface area contributed by atoms with E-state index in [2.05, 4.69) is 15.3 Å². The van der Waals surface area contributed by atoms with E-state index in [0.29, 0.717) is 16.4 Å². The third-order valence-corrected chi connectivity index (χ3v) is 3.60. The molecule has 2 rings (SSSR count). The summed E-state index contributed by atoms with van der Waals surface area (Å²) in [6.07, 6.45) is 5.06. The fourth-order valence-electron chi connectivity index (χ4n) is 2.22. The molecule has 1 unspecified atom stereocenters. The van der Waals surface area contributed by atoms with Crippen LogP contribution in [0.5, 0.6) is 0 Å². The van der Waals surface area contributed by atoms with Crippen LogP contribution in [0.2, 0.25) is 10.3 Å². The standard InChI is InChI=1S/C16H16Cl2FN3O/c1-3-5-10-6-4-7-12(19)14(10)13(9-23-2)21-15-11(17)8-20-16(18)22-15/h3-8,13H,9H2,1-2H3,(H,20,21,22)/b5-3+. The molecule has 1 N–H and O–H groups in total. The van der Waals surface area contributed by atoms with Crippen molar-refractivity contribution in [1.29, 1.82) is 0 Å². The molecule has 23 heavy (non-hydrogen) atoms.